The number of aliphatic imine (C=N–C) groups is 1. The molecule has 0 fully saturated rings. The first kappa shape index (κ1) is 18.8. The minimum Gasteiger partial charge on any atom is -1.00 e. The SMILES string of the molecule is CN1CC(N2C=C[NH+](C)C2)N=C(c2ccccc2)c2cc(Cl)ccc21.[Cl-]. The summed E-state index contributed by atoms with van der Waals surface area (Å²) in [6.45, 7) is 1.77. The highest BCUT2D eigenvalue weighted by Crippen LogP contribution is 2.30. The molecule has 2 unspecified atom stereocenters. The molecule has 136 valence electrons. The number of hydrogen-bond donors (Lipinski definition) is 1. The van der Waals surface area contributed by atoms with Gasteiger partial charge in [-0.15, -0.1) is 0 Å². The molecule has 2 aliphatic rings. The second kappa shape index (κ2) is 7.70. The normalized spacial score (nSPS) is 21.7. The van der Waals surface area contributed by atoms with Gasteiger partial charge in [-0.05, 0) is 18.2 Å². The fraction of sp³-hybridized carbons (Fsp3) is 0.250. The lowest BCUT2D eigenvalue weighted by Gasteiger charge is -2.27. The fourth-order valence-corrected chi connectivity index (χ4v) is 3.63. The van der Waals surface area contributed by atoms with Gasteiger partial charge in [0, 0.05) is 28.9 Å². The molecule has 0 bridgehead atoms. The van der Waals surface area contributed by atoms with Gasteiger partial charge < -0.3 is 22.2 Å². The number of benzodiazepines with no additional fused rings is 1. The van der Waals surface area contributed by atoms with E-state index in [1.54, 1.807) is 0 Å². The Labute approximate surface area is 165 Å². The average Bonchev–Trinajstić information content (AvgIpc) is 2.99. The summed E-state index contributed by atoms with van der Waals surface area (Å²) in [4.78, 5) is 11.1. The standard InChI is InChI=1S/C20H21ClN4.ClH/c1-23-10-11-25(14-23)19-13-24(2)18-9-8-16(21)12-17(18)20(22-19)15-6-4-3-5-7-15;/h3-12,19H,13-14H2,1-2H3;1H. The zero-order chi connectivity index (χ0) is 17.4. The van der Waals surface area contributed by atoms with Crippen LogP contribution in [0.15, 0.2) is 65.9 Å². The van der Waals surface area contributed by atoms with Crippen LogP contribution < -0.4 is 22.2 Å². The van der Waals surface area contributed by atoms with Gasteiger partial charge in [-0.1, -0.05) is 41.9 Å². The lowest BCUT2D eigenvalue weighted by atomic mass is 10.0. The number of nitrogens with one attached hydrogen (secondary N) is 1. The van der Waals surface area contributed by atoms with Gasteiger partial charge >= 0.3 is 0 Å². The summed E-state index contributed by atoms with van der Waals surface area (Å²) in [6, 6.07) is 16.4. The Morgan fingerprint density at radius 1 is 1.15 bits per heavy atom. The van der Waals surface area contributed by atoms with Crippen molar-refractivity contribution >= 4 is 23.0 Å². The van der Waals surface area contributed by atoms with Gasteiger partial charge in [0.15, 0.2) is 6.67 Å². The topological polar surface area (TPSA) is 23.3 Å². The van der Waals surface area contributed by atoms with Crippen LogP contribution in [0.3, 0.4) is 0 Å². The van der Waals surface area contributed by atoms with E-state index in [0.29, 0.717) is 0 Å². The zero-order valence-corrected chi connectivity index (χ0v) is 16.4. The van der Waals surface area contributed by atoms with Gasteiger partial charge in [0.2, 0.25) is 0 Å². The Kier molecular flexibility index (Phi) is 5.56. The molecule has 2 atom stereocenters. The first-order valence-corrected chi connectivity index (χ1v) is 8.90. The second-order valence-corrected chi connectivity index (χ2v) is 7.14. The lowest BCUT2D eigenvalue weighted by Crippen LogP contribution is -3.04. The smallest absolute Gasteiger partial charge is 0.158 e. The highest BCUT2D eigenvalue weighted by Gasteiger charge is 2.28. The molecule has 2 aliphatic heterocycles. The molecule has 0 amide bonds. The van der Waals surface area contributed by atoms with E-state index in [0.717, 1.165) is 35.1 Å². The lowest BCUT2D eigenvalue weighted by molar-refractivity contribution is -0.827. The molecular formula is C20H22Cl2N4. The van der Waals surface area contributed by atoms with Crippen molar-refractivity contribution in [3.63, 3.8) is 0 Å². The third-order valence-corrected chi connectivity index (χ3v) is 4.99. The van der Waals surface area contributed by atoms with Crippen LogP contribution in [-0.2, 0) is 0 Å². The van der Waals surface area contributed by atoms with Crippen molar-refractivity contribution in [2.75, 3.05) is 32.2 Å². The maximum Gasteiger partial charge on any atom is 0.158 e. The summed E-state index contributed by atoms with van der Waals surface area (Å²) < 4.78 is 0. The Hall–Kier alpha value is -2.01. The van der Waals surface area contributed by atoms with Gasteiger partial charge in [0.1, 0.15) is 12.4 Å². The number of fused-ring (bicyclic) bond motifs is 1. The Balaban J connectivity index is 0.00000196. The molecule has 2 aromatic rings. The average molecular weight is 389 g/mol. The molecule has 1 N–H and O–H groups in total. The van der Waals surface area contributed by atoms with Crippen molar-refractivity contribution in [1.29, 1.82) is 0 Å². The third-order valence-electron chi connectivity index (χ3n) is 4.75. The Morgan fingerprint density at radius 2 is 1.92 bits per heavy atom. The molecule has 4 nitrogen and oxygen atoms in total. The van der Waals surface area contributed by atoms with E-state index in [2.05, 4.69) is 66.6 Å². The maximum atomic E-state index is 6.31. The number of anilines is 1. The molecule has 0 aromatic heterocycles. The van der Waals surface area contributed by atoms with Crippen LogP contribution in [0, 0.1) is 0 Å². The highest BCUT2D eigenvalue weighted by molar-refractivity contribution is 6.31. The summed E-state index contributed by atoms with van der Waals surface area (Å²) in [5.74, 6) is 0. The van der Waals surface area contributed by atoms with Gasteiger partial charge in [-0.2, -0.15) is 0 Å². The van der Waals surface area contributed by atoms with Crippen molar-refractivity contribution in [3.8, 4) is 0 Å². The van der Waals surface area contributed by atoms with Crippen molar-refractivity contribution in [2.45, 2.75) is 6.17 Å². The van der Waals surface area contributed by atoms with Gasteiger partial charge in [0.05, 0.1) is 25.5 Å². The van der Waals surface area contributed by atoms with Crippen LogP contribution in [0.5, 0.6) is 0 Å². The summed E-state index contributed by atoms with van der Waals surface area (Å²) in [6.07, 6.45) is 4.40. The predicted octanol–water partition coefficient (Wildman–Crippen LogP) is -0.784. The summed E-state index contributed by atoms with van der Waals surface area (Å²) >= 11 is 6.31. The van der Waals surface area contributed by atoms with Crippen molar-refractivity contribution < 1.29 is 17.3 Å². The van der Waals surface area contributed by atoms with Gasteiger partial charge in [-0.25, -0.2) is 0 Å². The maximum absolute atomic E-state index is 6.31. The van der Waals surface area contributed by atoms with Crippen LogP contribution in [0.4, 0.5) is 5.69 Å². The van der Waals surface area contributed by atoms with E-state index >= 15 is 0 Å². The first-order valence-electron chi connectivity index (χ1n) is 8.52. The number of likely N-dealkylation sites (N-methyl/N-ethyl adjacent to an activating group) is 1. The number of quaternary nitrogens is 1. The molecule has 6 heteroatoms. The number of benzene rings is 2. The van der Waals surface area contributed by atoms with Crippen molar-refractivity contribution in [3.05, 3.63) is 77.1 Å². The van der Waals surface area contributed by atoms with E-state index in [1.807, 2.05) is 18.2 Å². The van der Waals surface area contributed by atoms with Crippen LogP contribution in [-0.4, -0.2) is 44.1 Å². The molecule has 0 spiro atoms. The molecular weight excluding hydrogens is 367 g/mol. The molecule has 2 heterocycles. The quantitative estimate of drug-likeness (QED) is 0.729. The number of halogens is 2. The third kappa shape index (κ3) is 3.58. The fourth-order valence-electron chi connectivity index (χ4n) is 3.46. The molecule has 2 aromatic carbocycles. The molecule has 0 saturated carbocycles. The first-order chi connectivity index (χ1) is 12.1. The zero-order valence-electron chi connectivity index (χ0n) is 14.9. The van der Waals surface area contributed by atoms with Gasteiger partial charge in [-0.3, -0.25) is 9.89 Å². The minimum absolute atomic E-state index is 0. The number of hydrogen-bond acceptors (Lipinski definition) is 3. The Morgan fingerprint density at radius 3 is 2.62 bits per heavy atom. The monoisotopic (exact) mass is 388 g/mol. The van der Waals surface area contributed by atoms with Crippen molar-refractivity contribution in [1.82, 2.24) is 4.90 Å². The van der Waals surface area contributed by atoms with E-state index < -0.39 is 0 Å². The predicted molar refractivity (Wildman–Crippen MR) is 103 cm³/mol. The second-order valence-electron chi connectivity index (χ2n) is 6.70. The van der Waals surface area contributed by atoms with Crippen LogP contribution in [0.2, 0.25) is 5.02 Å². The summed E-state index contributed by atoms with van der Waals surface area (Å²) in [7, 11) is 4.28. The summed E-state index contributed by atoms with van der Waals surface area (Å²) in [5.41, 5.74) is 4.38. The molecule has 0 saturated heterocycles. The minimum atomic E-state index is 0. The molecule has 0 aliphatic carbocycles. The number of rotatable bonds is 2. The van der Waals surface area contributed by atoms with E-state index in [9.17, 15) is 0 Å². The van der Waals surface area contributed by atoms with Crippen LogP contribution in [0.25, 0.3) is 0 Å². The van der Waals surface area contributed by atoms with Gasteiger partial charge in [0.25, 0.3) is 0 Å². The molecule has 26 heavy (non-hydrogen) atoms. The van der Waals surface area contributed by atoms with Crippen LogP contribution in [0.1, 0.15) is 11.1 Å². The molecule has 0 radical (unpaired) electrons. The Bertz CT molecular complexity index is 835. The summed E-state index contributed by atoms with van der Waals surface area (Å²) in [5, 5.41) is 0.736. The molecule has 4 rings (SSSR count). The van der Waals surface area contributed by atoms with E-state index in [4.69, 9.17) is 16.6 Å². The number of nitrogens with zero attached hydrogens (tertiary/aromatic N) is 3. The van der Waals surface area contributed by atoms with Crippen LogP contribution >= 0.6 is 11.6 Å². The van der Waals surface area contributed by atoms with E-state index in [-0.39, 0.29) is 18.6 Å². The van der Waals surface area contributed by atoms with Crippen molar-refractivity contribution in [2.24, 2.45) is 4.99 Å². The highest BCUT2D eigenvalue weighted by atomic mass is 35.5. The largest absolute Gasteiger partial charge is 1.00 e. The van der Waals surface area contributed by atoms with E-state index in [1.165, 1.54) is 10.6 Å².